The first kappa shape index (κ1) is 13.8. The van der Waals surface area contributed by atoms with Gasteiger partial charge in [0, 0.05) is 15.1 Å². The lowest BCUT2D eigenvalue weighted by Crippen LogP contribution is -2.02. The molecule has 20 heavy (non-hydrogen) atoms. The van der Waals surface area contributed by atoms with Crippen LogP contribution < -0.4 is 0 Å². The molecule has 2 aromatic heterocycles. The maximum atomic E-state index is 14.1. The molecule has 3 aromatic rings. The zero-order valence-corrected chi connectivity index (χ0v) is 13.6. The van der Waals surface area contributed by atoms with Crippen LogP contribution in [0.1, 0.15) is 0 Å². The summed E-state index contributed by atoms with van der Waals surface area (Å²) >= 11 is 11.5. The van der Waals surface area contributed by atoms with Crippen LogP contribution in [0, 0.1) is 16.4 Å². The number of aromatic amines is 1. The van der Waals surface area contributed by atoms with Crippen molar-refractivity contribution in [2.45, 2.75) is 0 Å². The van der Waals surface area contributed by atoms with Gasteiger partial charge in [-0.15, -0.1) is 0 Å². The molecule has 0 unspecified atom stereocenters. The highest BCUT2D eigenvalue weighted by Crippen LogP contribution is 2.27. The molecule has 0 amide bonds. The Morgan fingerprint density at radius 2 is 1.75 bits per heavy atom. The summed E-state index contributed by atoms with van der Waals surface area (Å²) in [4.78, 5) is 7.03. The van der Waals surface area contributed by atoms with Gasteiger partial charge in [-0.05, 0) is 46.3 Å². The summed E-state index contributed by atoms with van der Waals surface area (Å²) in [5.74, 6) is -1.45. The second-order valence-electron chi connectivity index (χ2n) is 4.01. The maximum Gasteiger partial charge on any atom is 0.184 e. The van der Waals surface area contributed by atoms with Gasteiger partial charge in [0.15, 0.2) is 22.1 Å². The molecule has 8 heteroatoms. The first-order valence-electron chi connectivity index (χ1n) is 5.38. The van der Waals surface area contributed by atoms with Crippen molar-refractivity contribution >= 4 is 55.2 Å². The average molecular weight is 421 g/mol. The normalized spacial score (nSPS) is 11.2. The van der Waals surface area contributed by atoms with E-state index in [1.807, 2.05) is 0 Å². The number of pyridine rings is 1. The fourth-order valence-electron chi connectivity index (χ4n) is 1.93. The maximum absolute atomic E-state index is 14.1. The highest BCUT2D eigenvalue weighted by molar-refractivity contribution is 9.10. The summed E-state index contributed by atoms with van der Waals surface area (Å²) in [6, 6.07) is 4.10. The molecule has 3 nitrogen and oxygen atoms in total. The summed E-state index contributed by atoms with van der Waals surface area (Å²) < 4.78 is 30.6. The zero-order chi connectivity index (χ0) is 14.4. The molecule has 1 N–H and O–H groups in total. The number of benzene rings is 1. The van der Waals surface area contributed by atoms with Gasteiger partial charge in [-0.2, -0.15) is 0 Å². The first-order valence-corrected chi connectivity index (χ1v) is 7.38. The number of nitrogens with zero attached hydrogens (tertiary/aromatic N) is 2. The van der Waals surface area contributed by atoms with Crippen molar-refractivity contribution in [2.24, 2.45) is 0 Å². The minimum Gasteiger partial charge on any atom is -0.329 e. The molecule has 3 rings (SSSR count). The highest BCUT2D eigenvalue weighted by Gasteiger charge is 2.17. The molecule has 0 spiro atoms. The minimum atomic E-state index is -0.724. The zero-order valence-electron chi connectivity index (χ0n) is 9.62. The van der Waals surface area contributed by atoms with Crippen LogP contribution >= 0.6 is 44.1 Å². The molecule has 1 aromatic carbocycles. The second kappa shape index (κ2) is 5.01. The number of halogens is 4. The number of aromatic nitrogens is 3. The Kier molecular flexibility index (Phi) is 3.47. The molecule has 0 saturated heterocycles. The molecule has 102 valence electrons. The van der Waals surface area contributed by atoms with Crippen molar-refractivity contribution in [2.75, 3.05) is 0 Å². The van der Waals surface area contributed by atoms with Crippen molar-refractivity contribution in [1.29, 1.82) is 0 Å². The standard InChI is InChI=1S/C12H5Br2F2N3S/c13-5-1-7(15)10(8(16)2-5)19-11-9(18-12(19)20)3-6(14)4-17-11/h1-4H,(H,18,20). The predicted molar refractivity (Wildman–Crippen MR) is 81.6 cm³/mol. The summed E-state index contributed by atoms with van der Waals surface area (Å²) in [5.41, 5.74) is 0.698. The van der Waals surface area contributed by atoms with Crippen LogP contribution in [0.2, 0.25) is 0 Å². The number of fused-ring (bicyclic) bond motifs is 1. The number of H-pyrrole nitrogens is 1. The monoisotopic (exact) mass is 419 g/mol. The van der Waals surface area contributed by atoms with E-state index in [4.69, 9.17) is 12.2 Å². The molecule has 0 bridgehead atoms. The summed E-state index contributed by atoms with van der Waals surface area (Å²) in [7, 11) is 0. The van der Waals surface area contributed by atoms with Gasteiger partial charge in [-0.25, -0.2) is 13.8 Å². The van der Waals surface area contributed by atoms with E-state index in [0.29, 0.717) is 15.6 Å². The Balaban J connectivity index is 2.41. The Morgan fingerprint density at radius 3 is 2.40 bits per heavy atom. The third-order valence-electron chi connectivity index (χ3n) is 2.70. The number of imidazole rings is 1. The Bertz CT molecular complexity index is 865. The van der Waals surface area contributed by atoms with Crippen LogP contribution in [-0.4, -0.2) is 14.5 Å². The number of nitrogens with one attached hydrogen (secondary N) is 1. The SMILES string of the molecule is Fc1cc(Br)cc(F)c1-n1c(=S)[nH]c2cc(Br)cnc21. The summed E-state index contributed by atoms with van der Waals surface area (Å²) in [6.45, 7) is 0. The number of hydrogen-bond donors (Lipinski definition) is 1. The molecule has 0 radical (unpaired) electrons. The minimum absolute atomic E-state index is 0.172. The third-order valence-corrected chi connectivity index (χ3v) is 3.87. The molecule has 2 heterocycles. The highest BCUT2D eigenvalue weighted by atomic mass is 79.9. The summed E-state index contributed by atoms with van der Waals surface area (Å²) in [6.07, 6.45) is 1.54. The van der Waals surface area contributed by atoms with E-state index in [0.717, 1.165) is 4.47 Å². The predicted octanol–water partition coefficient (Wildman–Crippen LogP) is 4.89. The van der Waals surface area contributed by atoms with Crippen molar-refractivity contribution in [3.8, 4) is 5.69 Å². The van der Waals surface area contributed by atoms with E-state index in [-0.39, 0.29) is 10.5 Å². The first-order chi connectivity index (χ1) is 9.47. The molecular weight excluding hydrogens is 416 g/mol. The van der Waals surface area contributed by atoms with Crippen LogP contribution in [0.4, 0.5) is 8.78 Å². The number of rotatable bonds is 1. The summed E-state index contributed by atoms with van der Waals surface area (Å²) in [5, 5.41) is 0. The lowest BCUT2D eigenvalue weighted by molar-refractivity contribution is 0.568. The lowest BCUT2D eigenvalue weighted by Gasteiger charge is -2.07. The van der Waals surface area contributed by atoms with E-state index >= 15 is 0 Å². The Hall–Kier alpha value is -1.12. The topological polar surface area (TPSA) is 33.6 Å². The molecule has 0 fully saturated rings. The van der Waals surface area contributed by atoms with Crippen molar-refractivity contribution in [3.63, 3.8) is 0 Å². The molecular formula is C12H5Br2F2N3S. The van der Waals surface area contributed by atoms with Gasteiger partial charge in [0.25, 0.3) is 0 Å². The van der Waals surface area contributed by atoms with Gasteiger partial charge in [-0.1, -0.05) is 15.9 Å². The van der Waals surface area contributed by atoms with Crippen LogP contribution in [0.25, 0.3) is 16.9 Å². The molecule has 0 aliphatic carbocycles. The van der Waals surface area contributed by atoms with E-state index in [2.05, 4.69) is 41.8 Å². The van der Waals surface area contributed by atoms with E-state index in [9.17, 15) is 8.78 Å². The fourth-order valence-corrected chi connectivity index (χ4v) is 2.95. The van der Waals surface area contributed by atoms with Crippen LogP contribution in [0.5, 0.6) is 0 Å². The average Bonchev–Trinajstić information content (AvgIpc) is 2.64. The third kappa shape index (κ3) is 2.21. The quantitative estimate of drug-likeness (QED) is 0.569. The Labute approximate surface area is 133 Å². The number of hydrogen-bond acceptors (Lipinski definition) is 2. The van der Waals surface area contributed by atoms with E-state index < -0.39 is 11.6 Å². The fraction of sp³-hybridized carbons (Fsp3) is 0. The smallest absolute Gasteiger partial charge is 0.184 e. The molecule has 0 aliphatic heterocycles. The van der Waals surface area contributed by atoms with Gasteiger partial charge in [-0.3, -0.25) is 4.57 Å². The molecule has 0 saturated carbocycles. The second-order valence-corrected chi connectivity index (χ2v) is 6.23. The van der Waals surface area contributed by atoms with E-state index in [1.54, 1.807) is 6.07 Å². The van der Waals surface area contributed by atoms with Crippen molar-refractivity contribution in [3.05, 3.63) is 49.7 Å². The van der Waals surface area contributed by atoms with Crippen LogP contribution in [0.3, 0.4) is 0 Å². The lowest BCUT2D eigenvalue weighted by atomic mass is 10.3. The van der Waals surface area contributed by atoms with Crippen LogP contribution in [0.15, 0.2) is 33.3 Å². The van der Waals surface area contributed by atoms with Gasteiger partial charge in [0.1, 0.15) is 5.69 Å². The van der Waals surface area contributed by atoms with Gasteiger partial charge in [0.2, 0.25) is 0 Å². The van der Waals surface area contributed by atoms with Crippen molar-refractivity contribution in [1.82, 2.24) is 14.5 Å². The van der Waals surface area contributed by atoms with Crippen molar-refractivity contribution < 1.29 is 8.78 Å². The van der Waals surface area contributed by atoms with Gasteiger partial charge in [0.05, 0.1) is 5.52 Å². The van der Waals surface area contributed by atoms with Crippen LogP contribution in [-0.2, 0) is 0 Å². The largest absolute Gasteiger partial charge is 0.329 e. The molecule has 0 atom stereocenters. The van der Waals surface area contributed by atoms with Gasteiger partial charge < -0.3 is 4.98 Å². The van der Waals surface area contributed by atoms with Gasteiger partial charge >= 0.3 is 0 Å². The van der Waals surface area contributed by atoms with E-state index in [1.165, 1.54) is 22.9 Å². The molecule has 0 aliphatic rings. The Morgan fingerprint density at radius 1 is 1.10 bits per heavy atom.